The van der Waals surface area contributed by atoms with Gasteiger partial charge in [0, 0.05) is 4.88 Å². The average molecular weight is 429 g/mol. The second-order valence-corrected chi connectivity index (χ2v) is 10.4. The molecule has 1 heterocycles. The molecule has 0 saturated heterocycles. The van der Waals surface area contributed by atoms with Crippen LogP contribution in [0, 0.1) is 5.41 Å². The van der Waals surface area contributed by atoms with E-state index in [-0.39, 0.29) is 11.4 Å². The minimum atomic E-state index is -0.189. The van der Waals surface area contributed by atoms with Gasteiger partial charge in [0.05, 0.1) is 6.61 Å². The molecule has 166 valence electrons. The Morgan fingerprint density at radius 2 is 1.90 bits per heavy atom. The first kappa shape index (κ1) is 24.7. The van der Waals surface area contributed by atoms with Crippen LogP contribution in [-0.2, 0) is 4.74 Å². The van der Waals surface area contributed by atoms with E-state index in [0.29, 0.717) is 11.5 Å². The summed E-state index contributed by atoms with van der Waals surface area (Å²) < 4.78 is 5.45. The van der Waals surface area contributed by atoms with Crippen molar-refractivity contribution in [1.82, 2.24) is 0 Å². The number of hydrogen-bond donors (Lipinski definition) is 0. The molecule has 0 amide bonds. The Morgan fingerprint density at radius 3 is 2.63 bits per heavy atom. The van der Waals surface area contributed by atoms with Crippen LogP contribution in [0.2, 0.25) is 0 Å². The molecule has 1 aromatic heterocycles. The van der Waals surface area contributed by atoms with Crippen LogP contribution in [0.1, 0.15) is 107 Å². The minimum absolute atomic E-state index is 0.189. The summed E-state index contributed by atoms with van der Waals surface area (Å²) in [5.41, 5.74) is 4.45. The molecule has 0 spiro atoms. The first-order chi connectivity index (χ1) is 14.3. The maximum Gasteiger partial charge on any atom is 0.348 e. The average Bonchev–Trinajstić information content (AvgIpc) is 3.14. The SMILES string of the molecule is CCCCCCCCOC(=O)c1ccc(C=C(C)C=CC2=C(C)CCCC2(C)C)s1. The fourth-order valence-electron chi connectivity index (χ4n) is 4.16. The van der Waals surface area contributed by atoms with Gasteiger partial charge < -0.3 is 4.74 Å². The number of carbonyl (C=O) groups is 1. The van der Waals surface area contributed by atoms with Crippen molar-refractivity contribution in [3.8, 4) is 0 Å². The van der Waals surface area contributed by atoms with E-state index in [1.807, 2.05) is 12.1 Å². The molecular weight excluding hydrogens is 388 g/mol. The summed E-state index contributed by atoms with van der Waals surface area (Å²) in [6, 6.07) is 3.90. The molecule has 2 nitrogen and oxygen atoms in total. The van der Waals surface area contributed by atoms with E-state index in [2.05, 4.69) is 52.8 Å². The molecule has 0 aliphatic heterocycles. The molecule has 0 aromatic carbocycles. The third kappa shape index (κ3) is 7.91. The third-order valence-corrected chi connectivity index (χ3v) is 7.00. The molecule has 0 atom stereocenters. The van der Waals surface area contributed by atoms with Crippen molar-refractivity contribution in [3.05, 3.63) is 50.8 Å². The van der Waals surface area contributed by atoms with E-state index in [4.69, 9.17) is 4.74 Å². The van der Waals surface area contributed by atoms with Gasteiger partial charge in [0.2, 0.25) is 0 Å². The Labute approximate surface area is 188 Å². The van der Waals surface area contributed by atoms with Crippen LogP contribution in [0.5, 0.6) is 0 Å². The van der Waals surface area contributed by atoms with E-state index in [1.54, 1.807) is 0 Å². The number of allylic oxidation sites excluding steroid dienone is 5. The lowest BCUT2D eigenvalue weighted by Gasteiger charge is -2.32. The second-order valence-electron chi connectivity index (χ2n) is 9.26. The highest BCUT2D eigenvalue weighted by molar-refractivity contribution is 7.14. The molecule has 0 unspecified atom stereocenters. The van der Waals surface area contributed by atoms with Crippen LogP contribution in [0.4, 0.5) is 0 Å². The monoisotopic (exact) mass is 428 g/mol. The molecule has 0 N–H and O–H groups in total. The normalized spacial score (nSPS) is 17.0. The summed E-state index contributed by atoms with van der Waals surface area (Å²) in [5.74, 6) is -0.189. The topological polar surface area (TPSA) is 26.3 Å². The van der Waals surface area contributed by atoms with Crippen LogP contribution in [0.25, 0.3) is 6.08 Å². The zero-order valence-electron chi connectivity index (χ0n) is 19.7. The van der Waals surface area contributed by atoms with Crippen LogP contribution >= 0.6 is 11.3 Å². The molecular formula is C27H40O2S. The Bertz CT molecular complexity index is 777. The van der Waals surface area contributed by atoms with Gasteiger partial charge in [-0.1, -0.05) is 70.6 Å². The van der Waals surface area contributed by atoms with E-state index >= 15 is 0 Å². The van der Waals surface area contributed by atoms with Crippen LogP contribution in [-0.4, -0.2) is 12.6 Å². The number of ether oxygens (including phenoxy) is 1. The fraction of sp³-hybridized carbons (Fsp3) is 0.593. The van der Waals surface area contributed by atoms with Crippen molar-refractivity contribution in [3.63, 3.8) is 0 Å². The summed E-state index contributed by atoms with van der Waals surface area (Å²) in [6.07, 6.45) is 17.6. The van der Waals surface area contributed by atoms with E-state index in [9.17, 15) is 4.79 Å². The van der Waals surface area contributed by atoms with Crippen LogP contribution in [0.15, 0.2) is 41.0 Å². The number of esters is 1. The van der Waals surface area contributed by atoms with Gasteiger partial charge in [-0.2, -0.15) is 0 Å². The molecule has 1 aliphatic rings. The smallest absolute Gasteiger partial charge is 0.348 e. The number of rotatable bonds is 11. The Kier molecular flexibility index (Phi) is 10.1. The quantitative estimate of drug-likeness (QED) is 0.200. The zero-order chi connectivity index (χ0) is 22.0. The Morgan fingerprint density at radius 1 is 1.17 bits per heavy atom. The van der Waals surface area contributed by atoms with E-state index < -0.39 is 0 Å². The van der Waals surface area contributed by atoms with Gasteiger partial charge in [0.15, 0.2) is 0 Å². The minimum Gasteiger partial charge on any atom is -0.462 e. The highest BCUT2D eigenvalue weighted by atomic mass is 32.1. The largest absolute Gasteiger partial charge is 0.462 e. The zero-order valence-corrected chi connectivity index (χ0v) is 20.5. The number of thiophene rings is 1. The maximum absolute atomic E-state index is 12.3. The summed E-state index contributed by atoms with van der Waals surface area (Å²) in [7, 11) is 0. The van der Waals surface area contributed by atoms with Crippen molar-refractivity contribution < 1.29 is 9.53 Å². The van der Waals surface area contributed by atoms with Gasteiger partial charge in [-0.3, -0.25) is 0 Å². The van der Waals surface area contributed by atoms with Gasteiger partial charge in [-0.25, -0.2) is 4.79 Å². The molecule has 1 aromatic rings. The van der Waals surface area contributed by atoms with Crippen LogP contribution in [0.3, 0.4) is 0 Å². The predicted octanol–water partition coefficient (Wildman–Crippen LogP) is 8.75. The standard InChI is InChI=1S/C27H40O2S/c1-6-7-8-9-10-11-19-29-26(28)25-17-15-23(30-25)20-21(2)14-16-24-22(3)13-12-18-27(24,4)5/h14-17,20H,6-13,18-19H2,1-5H3. The molecule has 0 radical (unpaired) electrons. The number of hydrogen-bond acceptors (Lipinski definition) is 3. The predicted molar refractivity (Wildman–Crippen MR) is 131 cm³/mol. The second kappa shape index (κ2) is 12.3. The lowest BCUT2D eigenvalue weighted by Crippen LogP contribution is -2.19. The van der Waals surface area contributed by atoms with Crippen molar-refractivity contribution in [2.24, 2.45) is 5.41 Å². The summed E-state index contributed by atoms with van der Waals surface area (Å²) >= 11 is 1.51. The van der Waals surface area contributed by atoms with Crippen molar-refractivity contribution in [1.29, 1.82) is 0 Å². The van der Waals surface area contributed by atoms with Gasteiger partial charge in [0.1, 0.15) is 4.88 Å². The maximum atomic E-state index is 12.3. The molecule has 2 rings (SSSR count). The molecule has 0 bridgehead atoms. The number of carbonyl (C=O) groups excluding carboxylic acids is 1. The lowest BCUT2D eigenvalue weighted by atomic mass is 9.72. The Hall–Kier alpha value is -1.61. The van der Waals surface area contributed by atoms with Gasteiger partial charge >= 0.3 is 5.97 Å². The highest BCUT2D eigenvalue weighted by Gasteiger charge is 2.26. The van der Waals surface area contributed by atoms with Gasteiger partial charge in [-0.15, -0.1) is 11.3 Å². The van der Waals surface area contributed by atoms with Crippen LogP contribution < -0.4 is 0 Å². The number of unbranched alkanes of at least 4 members (excludes halogenated alkanes) is 5. The fourth-order valence-corrected chi connectivity index (χ4v) is 5.07. The van der Waals surface area contributed by atoms with Crippen molar-refractivity contribution in [2.45, 2.75) is 92.4 Å². The molecule has 1 aliphatic carbocycles. The summed E-state index contributed by atoms with van der Waals surface area (Å²) in [6.45, 7) is 11.8. The summed E-state index contributed by atoms with van der Waals surface area (Å²) in [5, 5.41) is 0. The molecule has 0 saturated carbocycles. The first-order valence-corrected chi connectivity index (χ1v) is 12.5. The highest BCUT2D eigenvalue weighted by Crippen LogP contribution is 2.40. The van der Waals surface area contributed by atoms with E-state index in [1.165, 1.54) is 73.0 Å². The third-order valence-electron chi connectivity index (χ3n) is 5.98. The first-order valence-electron chi connectivity index (χ1n) is 11.7. The van der Waals surface area contributed by atoms with Gasteiger partial charge in [0.25, 0.3) is 0 Å². The van der Waals surface area contributed by atoms with Gasteiger partial charge in [-0.05, 0) is 74.3 Å². The molecule has 0 fully saturated rings. The lowest BCUT2D eigenvalue weighted by molar-refractivity contribution is 0.0503. The Balaban J connectivity index is 1.86. The van der Waals surface area contributed by atoms with Crippen molar-refractivity contribution >= 4 is 23.4 Å². The van der Waals surface area contributed by atoms with E-state index in [0.717, 1.165) is 17.7 Å². The molecule has 30 heavy (non-hydrogen) atoms. The molecule has 3 heteroatoms. The van der Waals surface area contributed by atoms with Crippen molar-refractivity contribution in [2.75, 3.05) is 6.61 Å². The summed E-state index contributed by atoms with van der Waals surface area (Å²) in [4.78, 5) is 14.1.